The van der Waals surface area contributed by atoms with Crippen molar-refractivity contribution >= 4 is 11.5 Å². The Bertz CT molecular complexity index is 463. The van der Waals surface area contributed by atoms with Crippen LogP contribution in [0.2, 0.25) is 0 Å². The predicted octanol–water partition coefficient (Wildman–Crippen LogP) is 1.47. The van der Waals surface area contributed by atoms with Crippen molar-refractivity contribution in [3.05, 3.63) is 27.9 Å². The summed E-state index contributed by atoms with van der Waals surface area (Å²) < 4.78 is 0. The summed E-state index contributed by atoms with van der Waals surface area (Å²) in [6.45, 7) is 5.57. The summed E-state index contributed by atoms with van der Waals surface area (Å²) in [6.07, 6.45) is 2.27. The maximum absolute atomic E-state index is 10.7. The van der Waals surface area contributed by atoms with E-state index in [4.69, 9.17) is 5.73 Å². The minimum atomic E-state index is -0.402. The molecule has 1 aromatic heterocycles. The summed E-state index contributed by atoms with van der Waals surface area (Å²) in [5, 5.41) is 10.7. The molecule has 2 unspecified atom stereocenters. The SMILES string of the molecule is Cc1cc(N2CCC(N)C(C)C2)ncc1[N+](=O)[O-]. The molecular weight excluding hydrogens is 232 g/mol. The van der Waals surface area contributed by atoms with Crippen molar-refractivity contribution in [2.75, 3.05) is 18.0 Å². The van der Waals surface area contributed by atoms with Crippen molar-refractivity contribution in [3.8, 4) is 0 Å². The summed E-state index contributed by atoms with van der Waals surface area (Å²) in [4.78, 5) is 16.7. The minimum absolute atomic E-state index is 0.0699. The van der Waals surface area contributed by atoms with E-state index < -0.39 is 4.92 Å². The Morgan fingerprint density at radius 1 is 1.61 bits per heavy atom. The van der Waals surface area contributed by atoms with E-state index in [1.54, 1.807) is 13.0 Å². The number of anilines is 1. The number of aromatic nitrogens is 1. The Labute approximate surface area is 106 Å². The van der Waals surface area contributed by atoms with Crippen LogP contribution < -0.4 is 10.6 Å². The molecule has 0 aromatic carbocycles. The standard InChI is InChI=1S/C12H18N4O2/c1-8-5-12(14-6-11(8)16(17)18)15-4-3-10(13)9(2)7-15/h5-6,9-10H,3-4,7,13H2,1-2H3. The van der Waals surface area contributed by atoms with Crippen molar-refractivity contribution in [2.45, 2.75) is 26.3 Å². The average molecular weight is 250 g/mol. The Morgan fingerprint density at radius 3 is 2.89 bits per heavy atom. The highest BCUT2D eigenvalue weighted by molar-refractivity contribution is 5.49. The van der Waals surface area contributed by atoms with E-state index in [1.807, 2.05) is 0 Å². The van der Waals surface area contributed by atoms with E-state index >= 15 is 0 Å². The second-order valence-corrected chi connectivity index (χ2v) is 4.96. The predicted molar refractivity (Wildman–Crippen MR) is 69.6 cm³/mol. The molecular formula is C12H18N4O2. The number of hydrogen-bond donors (Lipinski definition) is 1. The van der Waals surface area contributed by atoms with Crippen LogP contribution in [0, 0.1) is 23.0 Å². The van der Waals surface area contributed by atoms with Gasteiger partial charge in [0.05, 0.1) is 4.92 Å². The second-order valence-electron chi connectivity index (χ2n) is 4.96. The number of rotatable bonds is 2. The number of aryl methyl sites for hydroxylation is 1. The molecule has 0 spiro atoms. The zero-order valence-corrected chi connectivity index (χ0v) is 10.7. The van der Waals surface area contributed by atoms with Gasteiger partial charge in [0.25, 0.3) is 5.69 Å². The summed E-state index contributed by atoms with van der Waals surface area (Å²) in [6, 6.07) is 2.02. The number of pyridine rings is 1. The zero-order valence-electron chi connectivity index (χ0n) is 10.7. The van der Waals surface area contributed by atoms with E-state index in [-0.39, 0.29) is 11.7 Å². The Kier molecular flexibility index (Phi) is 3.47. The number of piperidine rings is 1. The summed E-state index contributed by atoms with van der Waals surface area (Å²) in [7, 11) is 0. The maximum Gasteiger partial charge on any atom is 0.290 e. The average Bonchev–Trinajstić information content (AvgIpc) is 2.32. The largest absolute Gasteiger partial charge is 0.356 e. The van der Waals surface area contributed by atoms with Crippen LogP contribution in [0.15, 0.2) is 12.3 Å². The van der Waals surface area contributed by atoms with Crippen LogP contribution in [0.5, 0.6) is 0 Å². The van der Waals surface area contributed by atoms with Crippen LogP contribution >= 0.6 is 0 Å². The lowest BCUT2D eigenvalue weighted by Crippen LogP contribution is -2.46. The molecule has 0 bridgehead atoms. The first-order valence-corrected chi connectivity index (χ1v) is 6.10. The molecule has 1 fully saturated rings. The van der Waals surface area contributed by atoms with Gasteiger partial charge < -0.3 is 10.6 Å². The van der Waals surface area contributed by atoms with Crippen molar-refractivity contribution in [1.82, 2.24) is 4.98 Å². The molecule has 98 valence electrons. The van der Waals surface area contributed by atoms with Gasteiger partial charge in [-0.2, -0.15) is 0 Å². The lowest BCUT2D eigenvalue weighted by atomic mass is 9.95. The van der Waals surface area contributed by atoms with Crippen LogP contribution in [-0.4, -0.2) is 29.0 Å². The van der Waals surface area contributed by atoms with Gasteiger partial charge >= 0.3 is 0 Å². The second kappa shape index (κ2) is 4.89. The molecule has 0 saturated carbocycles. The first-order valence-electron chi connectivity index (χ1n) is 6.10. The molecule has 1 aromatic rings. The van der Waals surface area contributed by atoms with E-state index in [1.165, 1.54) is 6.20 Å². The smallest absolute Gasteiger partial charge is 0.290 e. The molecule has 1 saturated heterocycles. The third kappa shape index (κ3) is 2.43. The quantitative estimate of drug-likeness (QED) is 0.634. The van der Waals surface area contributed by atoms with E-state index in [0.717, 1.165) is 25.3 Å². The summed E-state index contributed by atoms with van der Waals surface area (Å²) >= 11 is 0. The van der Waals surface area contributed by atoms with Gasteiger partial charge in [0, 0.05) is 24.7 Å². The fourth-order valence-electron chi connectivity index (χ4n) is 2.27. The van der Waals surface area contributed by atoms with Crippen LogP contribution in [0.3, 0.4) is 0 Å². The highest BCUT2D eigenvalue weighted by Crippen LogP contribution is 2.25. The molecule has 18 heavy (non-hydrogen) atoms. The minimum Gasteiger partial charge on any atom is -0.356 e. The van der Waals surface area contributed by atoms with Crippen LogP contribution in [0.25, 0.3) is 0 Å². The van der Waals surface area contributed by atoms with Gasteiger partial charge in [0.1, 0.15) is 12.0 Å². The van der Waals surface area contributed by atoms with Gasteiger partial charge in [0.15, 0.2) is 0 Å². The number of nitrogens with two attached hydrogens (primary N) is 1. The topological polar surface area (TPSA) is 85.3 Å². The Hall–Kier alpha value is -1.69. The van der Waals surface area contributed by atoms with Crippen LogP contribution in [0.1, 0.15) is 18.9 Å². The van der Waals surface area contributed by atoms with Crippen LogP contribution in [-0.2, 0) is 0 Å². The van der Waals surface area contributed by atoms with Crippen LogP contribution in [0.4, 0.5) is 11.5 Å². The van der Waals surface area contributed by atoms with E-state index in [0.29, 0.717) is 11.5 Å². The first kappa shape index (κ1) is 12.8. The lowest BCUT2D eigenvalue weighted by Gasteiger charge is -2.35. The number of nitro groups is 1. The highest BCUT2D eigenvalue weighted by Gasteiger charge is 2.24. The fraction of sp³-hybridized carbons (Fsp3) is 0.583. The van der Waals surface area contributed by atoms with Gasteiger partial charge in [-0.25, -0.2) is 4.98 Å². The van der Waals surface area contributed by atoms with Crippen molar-refractivity contribution < 1.29 is 4.92 Å². The lowest BCUT2D eigenvalue weighted by molar-refractivity contribution is -0.385. The molecule has 0 radical (unpaired) electrons. The van der Waals surface area contributed by atoms with Gasteiger partial charge in [-0.05, 0) is 25.3 Å². The Morgan fingerprint density at radius 2 is 2.33 bits per heavy atom. The third-order valence-corrected chi connectivity index (χ3v) is 3.56. The maximum atomic E-state index is 10.7. The monoisotopic (exact) mass is 250 g/mol. The van der Waals surface area contributed by atoms with Gasteiger partial charge in [0.2, 0.25) is 0 Å². The van der Waals surface area contributed by atoms with E-state index in [9.17, 15) is 10.1 Å². The van der Waals surface area contributed by atoms with Crippen molar-refractivity contribution in [1.29, 1.82) is 0 Å². The zero-order chi connectivity index (χ0) is 13.3. The van der Waals surface area contributed by atoms with Crippen molar-refractivity contribution in [3.63, 3.8) is 0 Å². The van der Waals surface area contributed by atoms with Gasteiger partial charge in [-0.1, -0.05) is 6.92 Å². The summed E-state index contributed by atoms with van der Waals surface area (Å²) in [5.74, 6) is 1.22. The third-order valence-electron chi connectivity index (χ3n) is 3.56. The summed E-state index contributed by atoms with van der Waals surface area (Å²) in [5.41, 5.74) is 6.69. The molecule has 2 rings (SSSR count). The van der Waals surface area contributed by atoms with Crippen molar-refractivity contribution in [2.24, 2.45) is 11.7 Å². The number of nitrogens with zero attached hydrogens (tertiary/aromatic N) is 3. The molecule has 6 nitrogen and oxygen atoms in total. The fourth-order valence-corrected chi connectivity index (χ4v) is 2.27. The molecule has 1 aliphatic heterocycles. The van der Waals surface area contributed by atoms with Gasteiger partial charge in [-0.3, -0.25) is 10.1 Å². The molecule has 0 amide bonds. The molecule has 2 atom stereocenters. The normalized spacial score (nSPS) is 24.1. The number of hydrogen-bond acceptors (Lipinski definition) is 5. The Balaban J connectivity index is 2.19. The van der Waals surface area contributed by atoms with Gasteiger partial charge in [-0.15, -0.1) is 0 Å². The molecule has 0 aliphatic carbocycles. The molecule has 2 heterocycles. The van der Waals surface area contributed by atoms with E-state index in [2.05, 4.69) is 16.8 Å². The first-order chi connectivity index (χ1) is 8.49. The molecule has 6 heteroatoms. The molecule has 2 N–H and O–H groups in total. The highest BCUT2D eigenvalue weighted by atomic mass is 16.6. The molecule has 1 aliphatic rings.